The Hall–Kier alpha value is -1.40. The number of carbonyl (C=O) groups is 1. The number of hydrogen-bond donors (Lipinski definition) is 1. The molecule has 0 saturated heterocycles. The third-order valence-corrected chi connectivity index (χ3v) is 2.91. The van der Waals surface area contributed by atoms with Crippen LogP contribution in [0.4, 0.5) is 5.00 Å². The summed E-state index contributed by atoms with van der Waals surface area (Å²) in [6, 6.07) is 8.46. The Labute approximate surface area is 104 Å². The van der Waals surface area contributed by atoms with E-state index in [1.54, 1.807) is 24.3 Å². The Morgan fingerprint density at radius 2 is 2.06 bits per heavy atom. The minimum atomic E-state index is -0.504. The van der Waals surface area contributed by atoms with Crippen LogP contribution in [-0.4, -0.2) is 10.3 Å². The van der Waals surface area contributed by atoms with E-state index < -0.39 is 5.97 Å². The molecule has 0 unspecified atom stereocenters. The number of benzene rings is 1. The molecule has 0 atom stereocenters. The molecule has 0 saturated carbocycles. The maximum Gasteiger partial charge on any atom is 0.363 e. The number of esters is 1. The number of rotatable bonds is 2. The topological polar surface area (TPSA) is 65.2 Å². The molecular weight excluding hydrogens is 292 g/mol. The van der Waals surface area contributed by atoms with E-state index in [9.17, 15) is 4.79 Å². The number of halogens is 1. The van der Waals surface area contributed by atoms with Gasteiger partial charge in [0.1, 0.15) is 10.8 Å². The quantitative estimate of drug-likeness (QED) is 0.684. The van der Waals surface area contributed by atoms with Gasteiger partial charge in [-0.15, -0.1) is 0 Å². The maximum absolute atomic E-state index is 11.6. The van der Waals surface area contributed by atoms with E-state index in [0.29, 0.717) is 10.8 Å². The summed E-state index contributed by atoms with van der Waals surface area (Å²) >= 11 is 4.36. The van der Waals surface area contributed by atoms with E-state index >= 15 is 0 Å². The number of hydrogen-bond acceptors (Lipinski definition) is 5. The highest BCUT2D eigenvalue weighted by Crippen LogP contribution is 2.18. The van der Waals surface area contributed by atoms with Crippen LogP contribution in [0.5, 0.6) is 5.75 Å². The van der Waals surface area contributed by atoms with E-state index in [0.717, 1.165) is 16.0 Å². The van der Waals surface area contributed by atoms with Crippen molar-refractivity contribution in [2.45, 2.75) is 0 Å². The number of aromatic nitrogens is 1. The van der Waals surface area contributed by atoms with E-state index in [1.807, 2.05) is 0 Å². The van der Waals surface area contributed by atoms with Gasteiger partial charge in [-0.05, 0) is 35.8 Å². The molecule has 16 heavy (non-hydrogen) atoms. The van der Waals surface area contributed by atoms with Gasteiger partial charge in [0.2, 0.25) is 0 Å². The van der Waals surface area contributed by atoms with Gasteiger partial charge in [-0.1, -0.05) is 15.9 Å². The lowest BCUT2D eigenvalue weighted by Crippen LogP contribution is -2.08. The predicted octanol–water partition coefficient (Wildman–Crippen LogP) is 2.71. The Bertz CT molecular complexity index is 510. The van der Waals surface area contributed by atoms with Crippen LogP contribution in [0.1, 0.15) is 10.5 Å². The van der Waals surface area contributed by atoms with Crippen molar-refractivity contribution in [3.8, 4) is 5.75 Å². The Kier molecular flexibility index (Phi) is 3.21. The van der Waals surface area contributed by atoms with Gasteiger partial charge < -0.3 is 10.5 Å². The fourth-order valence-corrected chi connectivity index (χ4v) is 1.81. The molecule has 0 amide bonds. The highest BCUT2D eigenvalue weighted by molar-refractivity contribution is 9.10. The molecule has 0 aliphatic heterocycles. The molecule has 2 rings (SSSR count). The van der Waals surface area contributed by atoms with Crippen LogP contribution in [0.3, 0.4) is 0 Å². The van der Waals surface area contributed by atoms with Crippen LogP contribution in [0.2, 0.25) is 0 Å². The monoisotopic (exact) mass is 298 g/mol. The molecule has 0 fully saturated rings. The second-order valence-corrected chi connectivity index (χ2v) is 4.71. The number of nitrogens with zero attached hydrogens (tertiary/aromatic N) is 1. The molecule has 0 aliphatic carbocycles. The smallest absolute Gasteiger partial charge is 0.363 e. The van der Waals surface area contributed by atoms with E-state index in [1.165, 1.54) is 6.07 Å². The summed E-state index contributed by atoms with van der Waals surface area (Å²) in [6.45, 7) is 0. The van der Waals surface area contributed by atoms with Crippen molar-refractivity contribution in [2.75, 3.05) is 5.73 Å². The van der Waals surface area contributed by atoms with Crippen LogP contribution in [-0.2, 0) is 0 Å². The third-order valence-electron chi connectivity index (χ3n) is 1.76. The first kappa shape index (κ1) is 11.1. The predicted molar refractivity (Wildman–Crippen MR) is 65.6 cm³/mol. The SMILES string of the molecule is Nc1cc(C(=O)Oc2ccc(Br)cc2)ns1. The van der Waals surface area contributed by atoms with Crippen molar-refractivity contribution in [3.63, 3.8) is 0 Å². The number of anilines is 1. The molecule has 0 aliphatic rings. The van der Waals surface area contributed by atoms with E-state index in [-0.39, 0.29) is 5.69 Å². The zero-order valence-electron chi connectivity index (χ0n) is 8.01. The average Bonchev–Trinajstić information content (AvgIpc) is 2.68. The largest absolute Gasteiger partial charge is 0.422 e. The highest BCUT2D eigenvalue weighted by atomic mass is 79.9. The fraction of sp³-hybridized carbons (Fsp3) is 0. The van der Waals surface area contributed by atoms with Crippen LogP contribution in [0.25, 0.3) is 0 Å². The van der Waals surface area contributed by atoms with Crippen molar-refractivity contribution in [1.82, 2.24) is 4.37 Å². The van der Waals surface area contributed by atoms with Gasteiger partial charge >= 0.3 is 5.97 Å². The standard InChI is InChI=1S/C10H7BrN2O2S/c11-6-1-3-7(4-2-6)15-10(14)8-5-9(12)16-13-8/h1-5H,12H2. The van der Waals surface area contributed by atoms with Gasteiger partial charge in [0.05, 0.1) is 0 Å². The third kappa shape index (κ3) is 2.59. The van der Waals surface area contributed by atoms with Gasteiger partial charge in [0, 0.05) is 10.5 Å². The second-order valence-electron chi connectivity index (χ2n) is 2.96. The average molecular weight is 299 g/mol. The van der Waals surface area contributed by atoms with Crippen LogP contribution >= 0.6 is 27.5 Å². The first-order valence-corrected chi connectivity index (χ1v) is 5.92. The maximum atomic E-state index is 11.6. The van der Waals surface area contributed by atoms with Crippen LogP contribution in [0.15, 0.2) is 34.8 Å². The molecule has 0 radical (unpaired) electrons. The van der Waals surface area contributed by atoms with Crippen molar-refractivity contribution in [2.24, 2.45) is 0 Å². The van der Waals surface area contributed by atoms with Crippen molar-refractivity contribution in [1.29, 1.82) is 0 Å². The Morgan fingerprint density at radius 1 is 1.38 bits per heavy atom. The van der Waals surface area contributed by atoms with Crippen molar-refractivity contribution in [3.05, 3.63) is 40.5 Å². The first-order valence-electron chi connectivity index (χ1n) is 4.35. The van der Waals surface area contributed by atoms with Gasteiger partial charge in [-0.25, -0.2) is 4.79 Å². The number of ether oxygens (including phenoxy) is 1. The molecule has 6 heteroatoms. The normalized spacial score (nSPS) is 10.1. The lowest BCUT2D eigenvalue weighted by atomic mass is 10.3. The van der Waals surface area contributed by atoms with E-state index in [4.69, 9.17) is 10.5 Å². The Morgan fingerprint density at radius 3 is 2.62 bits per heavy atom. The summed E-state index contributed by atoms with van der Waals surface area (Å²) in [4.78, 5) is 11.6. The van der Waals surface area contributed by atoms with Gasteiger partial charge in [-0.3, -0.25) is 0 Å². The number of carbonyl (C=O) groups excluding carboxylic acids is 1. The summed E-state index contributed by atoms with van der Waals surface area (Å²) < 4.78 is 9.88. The minimum absolute atomic E-state index is 0.227. The van der Waals surface area contributed by atoms with Crippen molar-refractivity contribution >= 4 is 38.4 Å². The summed E-state index contributed by atoms with van der Waals surface area (Å²) in [5, 5.41) is 0.489. The molecular formula is C10H7BrN2O2S. The van der Waals surface area contributed by atoms with E-state index in [2.05, 4.69) is 20.3 Å². The zero-order chi connectivity index (χ0) is 11.5. The molecule has 82 valence electrons. The molecule has 2 aromatic rings. The molecule has 1 heterocycles. The van der Waals surface area contributed by atoms with Crippen LogP contribution in [0, 0.1) is 0 Å². The summed E-state index contributed by atoms with van der Waals surface area (Å²) in [6.07, 6.45) is 0. The van der Waals surface area contributed by atoms with Gasteiger partial charge in [0.15, 0.2) is 5.69 Å². The zero-order valence-corrected chi connectivity index (χ0v) is 10.4. The highest BCUT2D eigenvalue weighted by Gasteiger charge is 2.12. The lowest BCUT2D eigenvalue weighted by Gasteiger charge is -2.01. The lowest BCUT2D eigenvalue weighted by molar-refractivity contribution is 0.0730. The van der Waals surface area contributed by atoms with Crippen LogP contribution < -0.4 is 10.5 Å². The Balaban J connectivity index is 2.10. The summed E-state index contributed by atoms with van der Waals surface area (Å²) in [5.74, 6) is -0.0324. The van der Waals surface area contributed by atoms with Gasteiger partial charge in [0.25, 0.3) is 0 Å². The number of nitrogens with two attached hydrogens (primary N) is 1. The second kappa shape index (κ2) is 4.63. The summed E-state index contributed by atoms with van der Waals surface area (Å²) in [7, 11) is 0. The minimum Gasteiger partial charge on any atom is -0.422 e. The van der Waals surface area contributed by atoms with Crippen molar-refractivity contribution < 1.29 is 9.53 Å². The first-order chi connectivity index (χ1) is 7.65. The molecule has 2 N–H and O–H groups in total. The fourth-order valence-electron chi connectivity index (χ4n) is 1.05. The summed E-state index contributed by atoms with van der Waals surface area (Å²) in [5.41, 5.74) is 5.70. The molecule has 4 nitrogen and oxygen atoms in total. The van der Waals surface area contributed by atoms with Gasteiger partial charge in [-0.2, -0.15) is 4.37 Å². The molecule has 1 aromatic carbocycles. The molecule has 0 bridgehead atoms. The number of nitrogen functional groups attached to an aromatic ring is 1. The molecule has 0 spiro atoms. The molecule has 1 aromatic heterocycles.